The Kier molecular flexibility index (Phi) is 10.1. The van der Waals surface area contributed by atoms with E-state index in [1.165, 1.54) is 36.5 Å². The standard InChI is InChI=1S/C33H32Cl2F2N8/c1-4-22(36)7-6-20(3)31(30-19-45(43-42-30)25-10-12-44(5-2)13-11-25)41-24-14-26-32(40-23-8-9-29(37)27(34)15-23)21(17-38)18-39-33(26)28(35)16-24/h4,6-9,14-16,18-19,25,31,41H,3,5,10-13H2,1-2H3,(H,39,40)/b7-6-,22-4+/t31-/m0/s1. The Morgan fingerprint density at radius 3 is 2.62 bits per heavy atom. The molecule has 8 nitrogen and oxygen atoms in total. The highest BCUT2D eigenvalue weighted by molar-refractivity contribution is 6.36. The molecular formula is C33H32Cl2F2N8. The number of nitrogens with one attached hydrogen (secondary N) is 2. The van der Waals surface area contributed by atoms with Gasteiger partial charge in [-0.2, -0.15) is 5.26 Å². The Labute approximate surface area is 270 Å². The fourth-order valence-electron chi connectivity index (χ4n) is 5.28. The number of aromatic nitrogens is 4. The van der Waals surface area contributed by atoms with Crippen molar-refractivity contribution in [2.45, 2.75) is 38.8 Å². The lowest BCUT2D eigenvalue weighted by atomic mass is 10.0. The van der Waals surface area contributed by atoms with Gasteiger partial charge in [0.05, 0.1) is 45.1 Å². The quantitative estimate of drug-likeness (QED) is 0.166. The predicted molar refractivity (Wildman–Crippen MR) is 176 cm³/mol. The molecule has 45 heavy (non-hydrogen) atoms. The molecule has 4 aromatic rings. The largest absolute Gasteiger partial charge is 0.373 e. The lowest BCUT2D eigenvalue weighted by molar-refractivity contribution is 0.186. The van der Waals surface area contributed by atoms with E-state index in [4.69, 9.17) is 23.2 Å². The van der Waals surface area contributed by atoms with Crippen LogP contribution >= 0.6 is 23.2 Å². The highest BCUT2D eigenvalue weighted by atomic mass is 35.5. The predicted octanol–water partition coefficient (Wildman–Crippen LogP) is 8.68. The van der Waals surface area contributed by atoms with Gasteiger partial charge in [-0.25, -0.2) is 13.5 Å². The maximum atomic E-state index is 14.1. The first-order valence-electron chi connectivity index (χ1n) is 14.5. The molecule has 1 saturated heterocycles. The summed E-state index contributed by atoms with van der Waals surface area (Å²) in [6.07, 6.45) is 9.54. The van der Waals surface area contributed by atoms with Crippen molar-refractivity contribution in [3.05, 3.63) is 106 Å². The number of benzene rings is 2. The molecule has 232 valence electrons. The average molecular weight is 650 g/mol. The van der Waals surface area contributed by atoms with Gasteiger partial charge in [0.1, 0.15) is 23.4 Å². The van der Waals surface area contributed by atoms with E-state index in [2.05, 4.69) is 50.4 Å². The molecule has 0 saturated carbocycles. The minimum atomic E-state index is -0.594. The number of likely N-dealkylation sites (tertiary alicyclic amines) is 1. The van der Waals surface area contributed by atoms with Gasteiger partial charge in [-0.15, -0.1) is 5.10 Å². The minimum absolute atomic E-state index is 0.0648. The van der Waals surface area contributed by atoms with Crippen LogP contribution < -0.4 is 10.6 Å². The third-order valence-electron chi connectivity index (χ3n) is 7.85. The van der Waals surface area contributed by atoms with Gasteiger partial charge in [-0.1, -0.05) is 54.1 Å². The molecule has 0 unspecified atom stereocenters. The summed E-state index contributed by atoms with van der Waals surface area (Å²) in [7, 11) is 0. The van der Waals surface area contributed by atoms with Crippen LogP contribution in [0.4, 0.5) is 25.8 Å². The van der Waals surface area contributed by atoms with E-state index >= 15 is 0 Å². The molecular weight excluding hydrogens is 617 g/mol. The number of anilines is 3. The van der Waals surface area contributed by atoms with Crippen molar-refractivity contribution in [2.75, 3.05) is 30.3 Å². The monoisotopic (exact) mass is 648 g/mol. The van der Waals surface area contributed by atoms with Gasteiger partial charge >= 0.3 is 0 Å². The molecule has 3 heterocycles. The van der Waals surface area contributed by atoms with Crippen LogP contribution in [0.15, 0.2) is 78.9 Å². The summed E-state index contributed by atoms with van der Waals surface area (Å²) >= 11 is 12.7. The first-order valence-corrected chi connectivity index (χ1v) is 15.3. The van der Waals surface area contributed by atoms with Crippen LogP contribution in [0.1, 0.15) is 50.0 Å². The van der Waals surface area contributed by atoms with Crippen LogP contribution in [-0.2, 0) is 0 Å². The van der Waals surface area contributed by atoms with E-state index < -0.39 is 17.7 Å². The molecule has 1 aliphatic rings. The smallest absolute Gasteiger partial charge is 0.141 e. The van der Waals surface area contributed by atoms with E-state index in [-0.39, 0.29) is 16.6 Å². The van der Waals surface area contributed by atoms with Crippen molar-refractivity contribution in [3.8, 4) is 6.07 Å². The van der Waals surface area contributed by atoms with Gasteiger partial charge in [0.25, 0.3) is 0 Å². The zero-order chi connectivity index (χ0) is 32.1. The second-order valence-corrected chi connectivity index (χ2v) is 11.5. The molecule has 2 N–H and O–H groups in total. The maximum Gasteiger partial charge on any atom is 0.141 e. The lowest BCUT2D eigenvalue weighted by Gasteiger charge is -2.30. The Morgan fingerprint density at radius 2 is 1.93 bits per heavy atom. The summed E-state index contributed by atoms with van der Waals surface area (Å²) in [5, 5.41) is 26.2. The molecule has 1 fully saturated rings. The summed E-state index contributed by atoms with van der Waals surface area (Å²) in [4.78, 5) is 6.82. The summed E-state index contributed by atoms with van der Waals surface area (Å²) in [6.45, 7) is 11.0. The lowest BCUT2D eigenvalue weighted by Crippen LogP contribution is -2.34. The number of piperidine rings is 1. The Hall–Kier alpha value is -4.30. The highest BCUT2D eigenvalue weighted by Crippen LogP contribution is 2.37. The molecule has 0 radical (unpaired) electrons. The third kappa shape index (κ3) is 7.34. The summed E-state index contributed by atoms with van der Waals surface area (Å²) < 4.78 is 29.8. The van der Waals surface area contributed by atoms with Crippen LogP contribution in [0.5, 0.6) is 0 Å². The fraction of sp³-hybridized carbons (Fsp3) is 0.273. The van der Waals surface area contributed by atoms with Gasteiger partial charge < -0.3 is 15.5 Å². The Bertz CT molecular complexity index is 1820. The van der Waals surface area contributed by atoms with Crippen molar-refractivity contribution in [1.29, 1.82) is 5.26 Å². The van der Waals surface area contributed by atoms with E-state index in [1.807, 2.05) is 10.9 Å². The first kappa shape index (κ1) is 32.1. The van der Waals surface area contributed by atoms with E-state index in [0.717, 1.165) is 32.5 Å². The molecule has 2 aromatic heterocycles. The van der Waals surface area contributed by atoms with Gasteiger partial charge in [-0.05, 0) is 68.3 Å². The van der Waals surface area contributed by atoms with Crippen LogP contribution in [0, 0.1) is 17.1 Å². The third-order valence-corrected chi connectivity index (χ3v) is 8.43. The number of hydrogen-bond acceptors (Lipinski definition) is 7. The zero-order valence-electron chi connectivity index (χ0n) is 24.9. The van der Waals surface area contributed by atoms with E-state index in [1.54, 1.807) is 25.1 Å². The van der Waals surface area contributed by atoms with Crippen LogP contribution in [0.2, 0.25) is 10.0 Å². The number of pyridine rings is 1. The summed E-state index contributed by atoms with van der Waals surface area (Å²) in [5.74, 6) is -0.962. The molecule has 5 rings (SSSR count). The van der Waals surface area contributed by atoms with Gasteiger partial charge in [-0.3, -0.25) is 4.98 Å². The molecule has 0 spiro atoms. The molecule has 0 bridgehead atoms. The van der Waals surface area contributed by atoms with Gasteiger partial charge in [0.15, 0.2) is 0 Å². The van der Waals surface area contributed by atoms with Crippen LogP contribution in [0.25, 0.3) is 10.9 Å². The second kappa shape index (κ2) is 14.2. The fourth-order valence-corrected chi connectivity index (χ4v) is 5.73. The van der Waals surface area contributed by atoms with Gasteiger partial charge in [0.2, 0.25) is 0 Å². The number of nitrogens with zero attached hydrogens (tertiary/aromatic N) is 6. The van der Waals surface area contributed by atoms with Crippen LogP contribution in [0.3, 0.4) is 0 Å². The molecule has 0 amide bonds. The molecule has 2 aromatic carbocycles. The number of nitriles is 1. The second-order valence-electron chi connectivity index (χ2n) is 10.7. The molecule has 1 aliphatic heterocycles. The number of hydrogen-bond donors (Lipinski definition) is 2. The van der Waals surface area contributed by atoms with Crippen molar-refractivity contribution >= 4 is 51.2 Å². The summed E-state index contributed by atoms with van der Waals surface area (Å²) in [5.41, 5.74) is 3.31. The average Bonchev–Trinajstić information content (AvgIpc) is 3.54. The summed E-state index contributed by atoms with van der Waals surface area (Å²) in [6, 6.07) is 9.47. The SMILES string of the molecule is C=C(/C=C\C(F)=C/C)[C@H](Nc1cc(Cl)c2ncc(C#N)c(Nc3ccc(F)c(Cl)c3)c2c1)c1cn(C2CCN(CC)CC2)nn1. The van der Waals surface area contributed by atoms with Crippen molar-refractivity contribution < 1.29 is 8.78 Å². The number of rotatable bonds is 10. The van der Waals surface area contributed by atoms with Crippen molar-refractivity contribution in [1.82, 2.24) is 24.9 Å². The normalized spacial score (nSPS) is 15.4. The van der Waals surface area contributed by atoms with Gasteiger partial charge in [0, 0.05) is 36.0 Å². The maximum absolute atomic E-state index is 14.1. The van der Waals surface area contributed by atoms with Crippen LogP contribution in [-0.4, -0.2) is 44.5 Å². The first-order chi connectivity index (χ1) is 21.7. The minimum Gasteiger partial charge on any atom is -0.373 e. The van der Waals surface area contributed by atoms with E-state index in [0.29, 0.717) is 44.3 Å². The number of fused-ring (bicyclic) bond motifs is 1. The van der Waals surface area contributed by atoms with E-state index in [9.17, 15) is 14.0 Å². The zero-order valence-corrected chi connectivity index (χ0v) is 26.4. The molecule has 1 atom stereocenters. The Morgan fingerprint density at radius 1 is 1.18 bits per heavy atom. The van der Waals surface area contributed by atoms with Crippen molar-refractivity contribution in [2.24, 2.45) is 0 Å². The highest BCUT2D eigenvalue weighted by Gasteiger charge is 2.24. The van der Waals surface area contributed by atoms with Crippen molar-refractivity contribution in [3.63, 3.8) is 0 Å². The number of halogens is 4. The Balaban J connectivity index is 1.53. The topological polar surface area (TPSA) is 94.7 Å². The molecule has 12 heteroatoms. The molecule has 0 aliphatic carbocycles. The number of allylic oxidation sites excluding steroid dienone is 3.